The predicted molar refractivity (Wildman–Crippen MR) is 81.8 cm³/mol. The number of hydrogen-bond acceptors (Lipinski definition) is 3. The Bertz CT molecular complexity index is 688. The van der Waals surface area contributed by atoms with Gasteiger partial charge in [-0.2, -0.15) is 8.78 Å². The van der Waals surface area contributed by atoms with E-state index in [-0.39, 0.29) is 5.91 Å². The smallest absolute Gasteiger partial charge is 0.326 e. The van der Waals surface area contributed by atoms with Gasteiger partial charge in [-0.1, -0.05) is 6.42 Å². The molecule has 1 N–H and O–H groups in total. The number of alkyl halides is 2. The van der Waals surface area contributed by atoms with E-state index in [9.17, 15) is 22.0 Å². The normalized spacial score (nSPS) is 26.7. The molecule has 1 aromatic rings. The number of anilines is 1. The molecule has 0 spiro atoms. The zero-order chi connectivity index (χ0) is 16.6. The Morgan fingerprint density at radius 1 is 1.17 bits per heavy atom. The Morgan fingerprint density at radius 3 is 2.39 bits per heavy atom. The first-order chi connectivity index (χ1) is 10.9. The molecule has 2 saturated carbocycles. The maximum absolute atomic E-state index is 12.5. The summed E-state index contributed by atoms with van der Waals surface area (Å²) in [5.41, 5.74) is 0.423. The molecule has 0 aromatic heterocycles. The molecule has 3 atom stereocenters. The number of fused-ring (bicyclic) bond motifs is 2. The molecular formula is C16H19F2NO3S. The van der Waals surface area contributed by atoms with Gasteiger partial charge in [0.25, 0.3) is 0 Å². The molecule has 23 heavy (non-hydrogen) atoms. The highest BCUT2D eigenvalue weighted by Crippen LogP contribution is 2.49. The zero-order valence-corrected chi connectivity index (χ0v) is 13.4. The average molecular weight is 343 g/mol. The lowest BCUT2D eigenvalue weighted by molar-refractivity contribution is -0.117. The lowest BCUT2D eigenvalue weighted by Crippen LogP contribution is -2.20. The summed E-state index contributed by atoms with van der Waals surface area (Å²) in [6, 6.07) is 4.87. The molecule has 2 bridgehead atoms. The first-order valence-corrected chi connectivity index (χ1v) is 9.33. The van der Waals surface area contributed by atoms with Gasteiger partial charge in [0.2, 0.25) is 15.7 Å². The number of sulfone groups is 1. The van der Waals surface area contributed by atoms with E-state index in [2.05, 4.69) is 5.32 Å². The second-order valence-corrected chi connectivity index (χ2v) is 8.44. The van der Waals surface area contributed by atoms with Gasteiger partial charge in [-0.05, 0) is 61.3 Å². The Hall–Kier alpha value is -1.50. The van der Waals surface area contributed by atoms with Crippen LogP contribution in [0.25, 0.3) is 0 Å². The van der Waals surface area contributed by atoms with Crippen molar-refractivity contribution < 1.29 is 22.0 Å². The lowest BCUT2D eigenvalue weighted by Gasteiger charge is -2.20. The fourth-order valence-electron chi connectivity index (χ4n) is 3.91. The first kappa shape index (κ1) is 16.4. The minimum absolute atomic E-state index is 0.105. The number of benzene rings is 1. The van der Waals surface area contributed by atoms with Crippen LogP contribution in [-0.2, 0) is 14.6 Å². The number of carbonyl (C=O) groups is 1. The number of rotatable bonds is 5. The van der Waals surface area contributed by atoms with Crippen molar-refractivity contribution in [3.8, 4) is 0 Å². The van der Waals surface area contributed by atoms with Crippen LogP contribution in [0.5, 0.6) is 0 Å². The molecule has 0 heterocycles. The van der Waals surface area contributed by atoms with Crippen molar-refractivity contribution in [1.29, 1.82) is 0 Å². The van der Waals surface area contributed by atoms with Crippen molar-refractivity contribution in [3.63, 3.8) is 0 Å². The highest BCUT2D eigenvalue weighted by atomic mass is 32.2. The van der Waals surface area contributed by atoms with Gasteiger partial charge in [-0.25, -0.2) is 8.42 Å². The van der Waals surface area contributed by atoms with E-state index >= 15 is 0 Å². The van der Waals surface area contributed by atoms with E-state index in [1.165, 1.54) is 31.4 Å². The number of carbonyl (C=O) groups excluding carboxylic acids is 1. The van der Waals surface area contributed by atoms with Gasteiger partial charge in [-0.3, -0.25) is 4.79 Å². The van der Waals surface area contributed by atoms with E-state index in [0.717, 1.165) is 24.5 Å². The van der Waals surface area contributed by atoms with Crippen molar-refractivity contribution in [2.75, 3.05) is 5.32 Å². The summed E-state index contributed by atoms with van der Waals surface area (Å²) < 4.78 is 47.6. The molecule has 2 aliphatic rings. The Morgan fingerprint density at radius 2 is 1.87 bits per heavy atom. The van der Waals surface area contributed by atoms with E-state index in [0.29, 0.717) is 23.9 Å². The van der Waals surface area contributed by atoms with Crippen LogP contribution in [0.3, 0.4) is 0 Å². The van der Waals surface area contributed by atoms with Crippen LogP contribution >= 0.6 is 0 Å². The summed E-state index contributed by atoms with van der Waals surface area (Å²) in [6.45, 7) is 0. The third-order valence-corrected chi connectivity index (χ3v) is 6.43. The van der Waals surface area contributed by atoms with Crippen LogP contribution in [0.2, 0.25) is 0 Å². The summed E-state index contributed by atoms with van der Waals surface area (Å²) in [4.78, 5) is 11.6. The van der Waals surface area contributed by atoms with E-state index in [4.69, 9.17) is 0 Å². The Labute approximate surface area is 134 Å². The van der Waals surface area contributed by atoms with Crippen LogP contribution in [-0.4, -0.2) is 20.1 Å². The summed E-state index contributed by atoms with van der Waals surface area (Å²) >= 11 is 0. The molecular weight excluding hydrogens is 324 g/mol. The van der Waals surface area contributed by atoms with Crippen molar-refractivity contribution >= 4 is 21.4 Å². The van der Waals surface area contributed by atoms with E-state index in [1.54, 1.807) is 0 Å². The molecule has 2 fully saturated rings. The third-order valence-electron chi connectivity index (χ3n) is 5.03. The summed E-state index contributed by atoms with van der Waals surface area (Å²) in [5.74, 6) is -1.68. The summed E-state index contributed by atoms with van der Waals surface area (Å²) in [7, 11) is -4.59. The molecule has 126 valence electrons. The largest absolute Gasteiger partial charge is 0.341 e. The predicted octanol–water partition coefficient (Wildman–Crippen LogP) is 3.45. The standard InChI is InChI=1S/C16H19F2NO3S/c17-16(18)23(21,22)14-5-3-13(4-6-14)19-15(20)9-12-8-10-1-2-11(12)7-10/h3-6,10-12,16H,1-2,7-9H2,(H,19,20). The lowest BCUT2D eigenvalue weighted by atomic mass is 9.86. The molecule has 1 aromatic carbocycles. The third kappa shape index (κ3) is 3.39. The molecule has 0 radical (unpaired) electrons. The Kier molecular flexibility index (Phi) is 4.40. The van der Waals surface area contributed by atoms with E-state index < -0.39 is 20.5 Å². The van der Waals surface area contributed by atoms with E-state index in [1.807, 2.05) is 0 Å². The molecule has 3 unspecified atom stereocenters. The van der Waals surface area contributed by atoms with Crippen LogP contribution in [0.4, 0.5) is 14.5 Å². The maximum Gasteiger partial charge on any atom is 0.341 e. The minimum atomic E-state index is -4.59. The van der Waals surface area contributed by atoms with Crippen molar-refractivity contribution in [2.45, 2.75) is 42.8 Å². The van der Waals surface area contributed by atoms with Gasteiger partial charge < -0.3 is 5.32 Å². The minimum Gasteiger partial charge on any atom is -0.326 e. The second-order valence-electron chi connectivity index (χ2n) is 6.52. The molecule has 0 saturated heterocycles. The van der Waals surface area contributed by atoms with Crippen LogP contribution in [0.15, 0.2) is 29.2 Å². The SMILES string of the molecule is O=C(CC1CC2CCC1C2)Nc1ccc(S(=O)(=O)C(F)F)cc1. The molecule has 1 amide bonds. The zero-order valence-electron chi connectivity index (χ0n) is 12.5. The molecule has 0 aliphatic heterocycles. The van der Waals surface area contributed by atoms with Crippen molar-refractivity contribution in [2.24, 2.45) is 17.8 Å². The fraction of sp³-hybridized carbons (Fsp3) is 0.562. The summed E-state index contributed by atoms with van der Waals surface area (Å²) in [5, 5.41) is 2.71. The monoisotopic (exact) mass is 343 g/mol. The van der Waals surface area contributed by atoms with Crippen LogP contribution in [0.1, 0.15) is 32.1 Å². The van der Waals surface area contributed by atoms with Gasteiger partial charge in [0.1, 0.15) is 0 Å². The first-order valence-electron chi connectivity index (χ1n) is 7.78. The van der Waals surface area contributed by atoms with Crippen LogP contribution < -0.4 is 5.32 Å². The molecule has 7 heteroatoms. The van der Waals surface area contributed by atoms with Crippen LogP contribution in [0, 0.1) is 17.8 Å². The maximum atomic E-state index is 12.5. The van der Waals surface area contributed by atoms with Gasteiger partial charge >= 0.3 is 5.76 Å². The van der Waals surface area contributed by atoms with Gasteiger partial charge in [0.15, 0.2) is 0 Å². The number of hydrogen-bond donors (Lipinski definition) is 1. The molecule has 2 aliphatic carbocycles. The van der Waals surface area contributed by atoms with Gasteiger partial charge in [-0.15, -0.1) is 0 Å². The number of halogens is 2. The van der Waals surface area contributed by atoms with Crippen molar-refractivity contribution in [3.05, 3.63) is 24.3 Å². The van der Waals surface area contributed by atoms with Crippen molar-refractivity contribution in [1.82, 2.24) is 0 Å². The second kappa shape index (κ2) is 6.19. The molecule has 4 nitrogen and oxygen atoms in total. The van der Waals surface area contributed by atoms with Gasteiger partial charge in [0.05, 0.1) is 4.90 Å². The quantitative estimate of drug-likeness (QED) is 0.891. The highest BCUT2D eigenvalue weighted by molar-refractivity contribution is 7.91. The Balaban J connectivity index is 1.59. The summed E-state index contributed by atoms with van der Waals surface area (Å²) in [6.07, 6.45) is 5.31. The molecule has 3 rings (SSSR count). The van der Waals surface area contributed by atoms with Gasteiger partial charge in [0, 0.05) is 12.1 Å². The topological polar surface area (TPSA) is 63.2 Å². The number of amides is 1. The fourth-order valence-corrected chi connectivity index (χ4v) is 4.63. The average Bonchev–Trinajstić information content (AvgIpc) is 3.10. The highest BCUT2D eigenvalue weighted by Gasteiger charge is 2.40. The number of nitrogens with one attached hydrogen (secondary N) is 1.